The zero-order valence-corrected chi connectivity index (χ0v) is 20.5. The number of para-hydroxylation sites is 3. The standard InChI is InChI=1S/C28H26N4O3S/c33-26(29-22-14-8-10-19-9-4-5-13-21(19)22)18-36-28-31-30-27(32(28)20-11-2-1-3-12-20)25-17-34-23-15-6-7-16-24(23)35-25/h1-7,9,11-13,15-16,22,25H,8,10,14,17-18H2,(H,29,33)/t22-,25-/m0/s1. The molecule has 4 aromatic rings. The maximum absolute atomic E-state index is 13.0. The van der Waals surface area contributed by atoms with E-state index in [2.05, 4.69) is 33.7 Å². The summed E-state index contributed by atoms with van der Waals surface area (Å²) in [6, 6.07) is 25.9. The molecule has 2 heterocycles. The van der Waals surface area contributed by atoms with E-state index in [1.807, 2.05) is 65.2 Å². The second-order valence-corrected chi connectivity index (χ2v) is 9.82. The molecule has 8 heteroatoms. The SMILES string of the molecule is O=C(CSc1nnc([C@@H]2COc3ccccc3O2)n1-c1ccccc1)N[C@H]1CCCc2ccccc21. The van der Waals surface area contributed by atoms with Crippen LogP contribution in [0.2, 0.25) is 0 Å². The van der Waals surface area contributed by atoms with Crippen molar-refractivity contribution in [2.75, 3.05) is 12.4 Å². The van der Waals surface area contributed by atoms with Gasteiger partial charge in [-0.25, -0.2) is 0 Å². The highest BCUT2D eigenvalue weighted by molar-refractivity contribution is 7.99. The Morgan fingerprint density at radius 2 is 1.75 bits per heavy atom. The molecule has 0 spiro atoms. The van der Waals surface area contributed by atoms with Crippen molar-refractivity contribution in [1.29, 1.82) is 0 Å². The van der Waals surface area contributed by atoms with Crippen molar-refractivity contribution in [3.63, 3.8) is 0 Å². The summed E-state index contributed by atoms with van der Waals surface area (Å²) in [6.07, 6.45) is 2.68. The molecule has 0 saturated carbocycles. The van der Waals surface area contributed by atoms with E-state index in [0.717, 1.165) is 30.7 Å². The molecular weight excluding hydrogens is 472 g/mol. The lowest BCUT2D eigenvalue weighted by molar-refractivity contribution is -0.119. The summed E-state index contributed by atoms with van der Waals surface area (Å²) in [7, 11) is 0. The van der Waals surface area contributed by atoms with Gasteiger partial charge in [0.05, 0.1) is 11.8 Å². The number of thioether (sulfide) groups is 1. The number of benzene rings is 3. The molecule has 1 aliphatic heterocycles. The number of ether oxygens (including phenoxy) is 2. The number of nitrogens with zero attached hydrogens (tertiary/aromatic N) is 3. The zero-order valence-electron chi connectivity index (χ0n) is 19.7. The Labute approximate surface area is 213 Å². The molecule has 1 aliphatic carbocycles. The number of aromatic nitrogens is 3. The highest BCUT2D eigenvalue weighted by atomic mass is 32.2. The number of amides is 1. The normalized spacial score (nSPS) is 18.3. The third kappa shape index (κ3) is 4.56. The molecule has 36 heavy (non-hydrogen) atoms. The molecule has 3 aromatic carbocycles. The van der Waals surface area contributed by atoms with Crippen molar-refractivity contribution >= 4 is 17.7 Å². The molecule has 2 aliphatic rings. The first kappa shape index (κ1) is 22.7. The fraction of sp³-hybridized carbons (Fsp3) is 0.250. The van der Waals surface area contributed by atoms with E-state index in [4.69, 9.17) is 9.47 Å². The van der Waals surface area contributed by atoms with Gasteiger partial charge in [0, 0.05) is 5.69 Å². The lowest BCUT2D eigenvalue weighted by atomic mass is 9.88. The maximum Gasteiger partial charge on any atom is 0.230 e. The highest BCUT2D eigenvalue weighted by Gasteiger charge is 2.29. The van der Waals surface area contributed by atoms with Gasteiger partial charge in [-0.05, 0) is 54.7 Å². The monoisotopic (exact) mass is 498 g/mol. The first-order valence-electron chi connectivity index (χ1n) is 12.2. The second-order valence-electron chi connectivity index (χ2n) is 8.88. The number of fused-ring (bicyclic) bond motifs is 2. The quantitative estimate of drug-likeness (QED) is 0.374. The molecule has 7 nitrogen and oxygen atoms in total. The van der Waals surface area contributed by atoms with E-state index in [9.17, 15) is 4.79 Å². The first-order chi connectivity index (χ1) is 17.8. The molecule has 0 saturated heterocycles. The molecule has 1 aromatic heterocycles. The van der Waals surface area contributed by atoms with Gasteiger partial charge in [0.2, 0.25) is 5.91 Å². The maximum atomic E-state index is 13.0. The number of aryl methyl sites for hydroxylation is 1. The van der Waals surface area contributed by atoms with Crippen LogP contribution in [0.1, 0.15) is 41.9 Å². The van der Waals surface area contributed by atoms with Gasteiger partial charge < -0.3 is 14.8 Å². The molecule has 182 valence electrons. The first-order valence-corrected chi connectivity index (χ1v) is 13.1. The van der Waals surface area contributed by atoms with E-state index < -0.39 is 6.10 Å². The Balaban J connectivity index is 1.21. The number of rotatable bonds is 6. The van der Waals surface area contributed by atoms with Crippen LogP contribution in [0.3, 0.4) is 0 Å². The van der Waals surface area contributed by atoms with Crippen LogP contribution in [0.5, 0.6) is 11.5 Å². The summed E-state index contributed by atoms with van der Waals surface area (Å²) in [5, 5.41) is 12.8. The van der Waals surface area contributed by atoms with Crippen molar-refractivity contribution in [3.8, 4) is 17.2 Å². The van der Waals surface area contributed by atoms with Crippen molar-refractivity contribution in [2.45, 2.75) is 36.6 Å². The summed E-state index contributed by atoms with van der Waals surface area (Å²) >= 11 is 1.37. The zero-order chi connectivity index (χ0) is 24.3. The average molecular weight is 499 g/mol. The van der Waals surface area contributed by atoms with Crippen LogP contribution in [0.25, 0.3) is 5.69 Å². The predicted molar refractivity (Wildman–Crippen MR) is 138 cm³/mol. The minimum absolute atomic E-state index is 0.0166. The number of carbonyl (C=O) groups is 1. The van der Waals surface area contributed by atoms with Gasteiger partial charge in [0.25, 0.3) is 0 Å². The minimum Gasteiger partial charge on any atom is -0.485 e. The van der Waals surface area contributed by atoms with Crippen LogP contribution in [0, 0.1) is 0 Å². The van der Waals surface area contributed by atoms with Crippen LogP contribution in [-0.2, 0) is 11.2 Å². The van der Waals surface area contributed by atoms with Gasteiger partial charge >= 0.3 is 0 Å². The Morgan fingerprint density at radius 1 is 0.972 bits per heavy atom. The number of hydrogen-bond acceptors (Lipinski definition) is 6. The fourth-order valence-electron chi connectivity index (χ4n) is 4.82. The van der Waals surface area contributed by atoms with Crippen LogP contribution >= 0.6 is 11.8 Å². The van der Waals surface area contributed by atoms with Gasteiger partial charge in [-0.2, -0.15) is 0 Å². The molecule has 0 unspecified atom stereocenters. The summed E-state index contributed by atoms with van der Waals surface area (Å²) in [6.45, 7) is 0.328. The smallest absolute Gasteiger partial charge is 0.230 e. The third-order valence-corrected chi connectivity index (χ3v) is 7.44. The lowest BCUT2D eigenvalue weighted by Crippen LogP contribution is -2.32. The topological polar surface area (TPSA) is 78.3 Å². The molecule has 1 N–H and O–H groups in total. The van der Waals surface area contributed by atoms with E-state index in [-0.39, 0.29) is 17.7 Å². The summed E-state index contributed by atoms with van der Waals surface area (Å²) in [5.41, 5.74) is 3.46. The number of hydrogen-bond donors (Lipinski definition) is 1. The Morgan fingerprint density at radius 3 is 2.64 bits per heavy atom. The summed E-state index contributed by atoms with van der Waals surface area (Å²) in [5.74, 6) is 2.26. The van der Waals surface area contributed by atoms with Gasteiger partial charge in [-0.15, -0.1) is 10.2 Å². The molecule has 2 atom stereocenters. The van der Waals surface area contributed by atoms with Crippen molar-refractivity contribution in [2.24, 2.45) is 0 Å². The van der Waals surface area contributed by atoms with Gasteiger partial charge in [0.15, 0.2) is 28.6 Å². The highest BCUT2D eigenvalue weighted by Crippen LogP contribution is 2.37. The summed E-state index contributed by atoms with van der Waals surface area (Å²) < 4.78 is 14.1. The van der Waals surface area contributed by atoms with Crippen molar-refractivity contribution < 1.29 is 14.3 Å². The molecule has 6 rings (SSSR count). The predicted octanol–water partition coefficient (Wildman–Crippen LogP) is 5.07. The van der Waals surface area contributed by atoms with Crippen molar-refractivity contribution in [1.82, 2.24) is 20.1 Å². The van der Waals surface area contributed by atoms with E-state index in [1.54, 1.807) is 0 Å². The molecular formula is C28H26N4O3S. The average Bonchev–Trinajstić information content (AvgIpc) is 3.36. The third-order valence-electron chi connectivity index (χ3n) is 6.51. The number of nitrogens with one attached hydrogen (secondary N) is 1. The minimum atomic E-state index is -0.422. The fourth-order valence-corrected chi connectivity index (χ4v) is 5.59. The molecule has 0 radical (unpaired) electrons. The van der Waals surface area contributed by atoms with E-state index in [1.165, 1.54) is 22.9 Å². The van der Waals surface area contributed by atoms with Gasteiger partial charge in [0.1, 0.15) is 6.61 Å². The van der Waals surface area contributed by atoms with Crippen LogP contribution in [-0.4, -0.2) is 33.0 Å². The molecule has 0 bridgehead atoms. The van der Waals surface area contributed by atoms with Crippen molar-refractivity contribution in [3.05, 3.63) is 95.8 Å². The van der Waals surface area contributed by atoms with Gasteiger partial charge in [-0.3, -0.25) is 9.36 Å². The van der Waals surface area contributed by atoms with E-state index >= 15 is 0 Å². The van der Waals surface area contributed by atoms with Crippen LogP contribution in [0.4, 0.5) is 0 Å². The Bertz CT molecular complexity index is 1370. The lowest BCUT2D eigenvalue weighted by Gasteiger charge is -2.26. The molecule has 1 amide bonds. The summed E-state index contributed by atoms with van der Waals surface area (Å²) in [4.78, 5) is 13.0. The van der Waals surface area contributed by atoms with Gasteiger partial charge in [-0.1, -0.05) is 66.4 Å². The van der Waals surface area contributed by atoms with E-state index in [0.29, 0.717) is 23.3 Å². The molecule has 0 fully saturated rings. The van der Waals surface area contributed by atoms with Crippen LogP contribution in [0.15, 0.2) is 84.0 Å². The largest absolute Gasteiger partial charge is 0.485 e. The Hall–Kier alpha value is -3.78. The number of carbonyl (C=O) groups excluding carboxylic acids is 1. The second kappa shape index (κ2) is 10.1. The van der Waals surface area contributed by atoms with Crippen LogP contribution < -0.4 is 14.8 Å². The Kier molecular flexibility index (Phi) is 6.34.